The summed E-state index contributed by atoms with van der Waals surface area (Å²) in [6.07, 6.45) is 0. The Morgan fingerprint density at radius 1 is 1.00 bits per heavy atom. The van der Waals surface area contributed by atoms with Gasteiger partial charge in [0, 0.05) is 31.9 Å². The monoisotopic (exact) mass is 368 g/mol. The first-order valence-electron chi connectivity index (χ1n) is 9.22. The first kappa shape index (κ1) is 18.9. The molecule has 0 radical (unpaired) electrons. The van der Waals surface area contributed by atoms with Crippen molar-refractivity contribution >= 4 is 17.3 Å². The summed E-state index contributed by atoms with van der Waals surface area (Å²) in [4.78, 5) is 4.40. The molecule has 1 heterocycles. The topological polar surface area (TPSA) is 60.3 Å². The average Bonchev–Trinajstić information content (AvgIpc) is 2.69. The van der Waals surface area contributed by atoms with E-state index < -0.39 is 0 Å². The van der Waals surface area contributed by atoms with E-state index in [2.05, 4.69) is 58.4 Å². The van der Waals surface area contributed by atoms with Crippen molar-refractivity contribution in [2.24, 2.45) is 5.16 Å². The van der Waals surface area contributed by atoms with E-state index >= 15 is 0 Å². The van der Waals surface area contributed by atoms with Gasteiger partial charge < -0.3 is 25.1 Å². The molecule has 2 aromatic carbocycles. The lowest BCUT2D eigenvalue weighted by Gasteiger charge is -2.37. The third-order valence-corrected chi connectivity index (χ3v) is 5.14. The molecule has 2 N–H and O–H groups in total. The number of hydrogen-bond acceptors (Lipinski definition) is 4. The van der Waals surface area contributed by atoms with Crippen LogP contribution in [-0.4, -0.2) is 49.4 Å². The quantitative estimate of drug-likeness (QED) is 0.375. The summed E-state index contributed by atoms with van der Waals surface area (Å²) in [5.41, 5.74) is 5.60. The van der Waals surface area contributed by atoms with Crippen LogP contribution in [0.5, 0.6) is 5.75 Å². The molecular weight excluding hydrogens is 340 g/mol. The van der Waals surface area contributed by atoms with E-state index in [1.165, 1.54) is 11.3 Å². The molecule has 0 aliphatic carbocycles. The molecular formula is C21H28N4O2. The minimum absolute atomic E-state index is 0.445. The molecule has 6 heteroatoms. The molecule has 1 saturated heterocycles. The summed E-state index contributed by atoms with van der Waals surface area (Å²) in [6.45, 7) is 9.48. The largest absolute Gasteiger partial charge is 0.495 e. The van der Waals surface area contributed by atoms with Crippen molar-refractivity contribution in [3.63, 3.8) is 0 Å². The molecule has 27 heavy (non-hydrogen) atoms. The van der Waals surface area contributed by atoms with Gasteiger partial charge in [-0.05, 0) is 56.2 Å². The highest BCUT2D eigenvalue weighted by Crippen LogP contribution is 2.28. The molecule has 0 unspecified atom stereocenters. The Hall–Kier alpha value is -2.89. The Balaban J connectivity index is 1.68. The molecule has 0 bridgehead atoms. The van der Waals surface area contributed by atoms with Crippen LogP contribution in [0.4, 0.5) is 11.4 Å². The maximum Gasteiger partial charge on any atom is 0.240 e. The van der Waals surface area contributed by atoms with E-state index in [-0.39, 0.29) is 0 Å². The van der Waals surface area contributed by atoms with Gasteiger partial charge in [0.2, 0.25) is 5.96 Å². The van der Waals surface area contributed by atoms with Crippen LogP contribution in [0, 0.1) is 20.8 Å². The van der Waals surface area contributed by atoms with Crippen molar-refractivity contribution < 1.29 is 9.94 Å². The van der Waals surface area contributed by atoms with Crippen LogP contribution in [0.25, 0.3) is 0 Å². The number of anilines is 2. The summed E-state index contributed by atoms with van der Waals surface area (Å²) in [7, 11) is 1.64. The number of rotatable bonds is 3. The van der Waals surface area contributed by atoms with Gasteiger partial charge in [-0.3, -0.25) is 0 Å². The van der Waals surface area contributed by atoms with E-state index in [1.807, 2.05) is 19.1 Å². The fourth-order valence-electron chi connectivity index (χ4n) is 3.28. The van der Waals surface area contributed by atoms with Crippen LogP contribution < -0.4 is 15.0 Å². The van der Waals surface area contributed by atoms with Crippen LogP contribution in [0.15, 0.2) is 41.6 Å². The summed E-state index contributed by atoms with van der Waals surface area (Å²) >= 11 is 0. The van der Waals surface area contributed by atoms with Crippen LogP contribution >= 0.6 is 0 Å². The molecule has 0 atom stereocenters. The number of oxime groups is 1. The lowest BCUT2D eigenvalue weighted by Crippen LogP contribution is -2.50. The lowest BCUT2D eigenvalue weighted by atomic mass is 10.1. The van der Waals surface area contributed by atoms with Crippen LogP contribution in [0.2, 0.25) is 0 Å². The van der Waals surface area contributed by atoms with E-state index in [0.29, 0.717) is 5.96 Å². The van der Waals surface area contributed by atoms with Gasteiger partial charge in [-0.15, -0.1) is 0 Å². The molecule has 1 aliphatic rings. The Morgan fingerprint density at radius 2 is 1.63 bits per heavy atom. The number of ether oxygens (including phenoxy) is 1. The van der Waals surface area contributed by atoms with Crippen LogP contribution in [-0.2, 0) is 0 Å². The predicted octanol–water partition coefficient (Wildman–Crippen LogP) is 3.60. The van der Waals surface area contributed by atoms with Gasteiger partial charge in [-0.2, -0.15) is 0 Å². The zero-order valence-corrected chi connectivity index (χ0v) is 16.5. The van der Waals surface area contributed by atoms with Gasteiger partial charge in [0.05, 0.1) is 12.8 Å². The van der Waals surface area contributed by atoms with Crippen LogP contribution in [0.3, 0.4) is 0 Å². The Kier molecular flexibility index (Phi) is 5.74. The minimum Gasteiger partial charge on any atom is -0.495 e. The summed E-state index contributed by atoms with van der Waals surface area (Å²) in [6, 6.07) is 12.6. The zero-order chi connectivity index (χ0) is 19.4. The highest BCUT2D eigenvalue weighted by atomic mass is 16.5. The second-order valence-electron chi connectivity index (χ2n) is 7.00. The standard InChI is InChI=1S/C21H28N4O2/c1-15-5-7-18(8-6-15)24-9-11-25(12-10-24)21(23-26)22-19-13-16(2)17(3)14-20(19)27-4/h5-8,13-14,26H,9-12H2,1-4H3,(H,22,23). The fraction of sp³-hybridized carbons (Fsp3) is 0.381. The van der Waals surface area contributed by atoms with E-state index in [9.17, 15) is 5.21 Å². The fourth-order valence-corrected chi connectivity index (χ4v) is 3.28. The smallest absolute Gasteiger partial charge is 0.240 e. The number of guanidine groups is 1. The minimum atomic E-state index is 0.445. The number of methoxy groups -OCH3 is 1. The second-order valence-corrected chi connectivity index (χ2v) is 7.00. The number of nitrogens with zero attached hydrogens (tertiary/aromatic N) is 3. The van der Waals surface area contributed by atoms with Gasteiger partial charge in [0.15, 0.2) is 0 Å². The van der Waals surface area contributed by atoms with Crippen molar-refractivity contribution in [3.05, 3.63) is 53.1 Å². The van der Waals surface area contributed by atoms with Crippen molar-refractivity contribution in [2.75, 3.05) is 43.5 Å². The van der Waals surface area contributed by atoms with Gasteiger partial charge in [0.25, 0.3) is 0 Å². The van der Waals surface area contributed by atoms with E-state index in [4.69, 9.17) is 4.74 Å². The molecule has 6 nitrogen and oxygen atoms in total. The molecule has 1 aliphatic heterocycles. The summed E-state index contributed by atoms with van der Waals surface area (Å²) in [5, 5.41) is 16.3. The third-order valence-electron chi connectivity index (χ3n) is 5.14. The molecule has 0 spiro atoms. The second kappa shape index (κ2) is 8.20. The average molecular weight is 368 g/mol. The number of aryl methyl sites for hydroxylation is 3. The van der Waals surface area contributed by atoms with Crippen molar-refractivity contribution in [3.8, 4) is 5.75 Å². The van der Waals surface area contributed by atoms with Gasteiger partial charge in [-0.25, -0.2) is 0 Å². The molecule has 3 rings (SSSR count). The van der Waals surface area contributed by atoms with Gasteiger partial charge in [-0.1, -0.05) is 22.9 Å². The molecule has 0 amide bonds. The Bertz CT molecular complexity index is 810. The van der Waals surface area contributed by atoms with Crippen molar-refractivity contribution in [1.82, 2.24) is 4.90 Å². The molecule has 2 aromatic rings. The molecule has 0 saturated carbocycles. The molecule has 0 aromatic heterocycles. The van der Waals surface area contributed by atoms with Gasteiger partial charge in [0.1, 0.15) is 5.75 Å². The Labute approximate surface area is 161 Å². The highest BCUT2D eigenvalue weighted by Gasteiger charge is 2.21. The first-order chi connectivity index (χ1) is 13.0. The molecule has 1 fully saturated rings. The van der Waals surface area contributed by atoms with Crippen molar-refractivity contribution in [1.29, 1.82) is 0 Å². The number of benzene rings is 2. The zero-order valence-electron chi connectivity index (χ0n) is 16.5. The maximum atomic E-state index is 9.57. The highest BCUT2D eigenvalue weighted by molar-refractivity contribution is 5.95. The normalized spacial score (nSPS) is 15.0. The lowest BCUT2D eigenvalue weighted by molar-refractivity contribution is 0.295. The maximum absolute atomic E-state index is 9.57. The Morgan fingerprint density at radius 3 is 2.22 bits per heavy atom. The number of hydrogen-bond donors (Lipinski definition) is 2. The SMILES string of the molecule is COc1cc(C)c(C)cc1NC(=NO)N1CCN(c2ccc(C)cc2)CC1. The number of piperazine rings is 1. The third kappa shape index (κ3) is 4.27. The van der Waals surface area contributed by atoms with Crippen molar-refractivity contribution in [2.45, 2.75) is 20.8 Å². The summed E-state index contributed by atoms with van der Waals surface area (Å²) in [5.74, 6) is 1.18. The molecule has 144 valence electrons. The number of nitrogens with one attached hydrogen (secondary N) is 1. The van der Waals surface area contributed by atoms with E-state index in [1.54, 1.807) is 7.11 Å². The van der Waals surface area contributed by atoms with Gasteiger partial charge >= 0.3 is 0 Å². The predicted molar refractivity (Wildman–Crippen MR) is 110 cm³/mol. The summed E-state index contributed by atoms with van der Waals surface area (Å²) < 4.78 is 5.47. The van der Waals surface area contributed by atoms with E-state index in [0.717, 1.165) is 48.7 Å². The van der Waals surface area contributed by atoms with Crippen LogP contribution in [0.1, 0.15) is 16.7 Å². The first-order valence-corrected chi connectivity index (χ1v) is 9.22.